The summed E-state index contributed by atoms with van der Waals surface area (Å²) in [6.07, 6.45) is 8.79. The Morgan fingerprint density at radius 2 is 1.91 bits per heavy atom. The number of hydrogen-bond donors (Lipinski definition) is 0. The number of benzene rings is 1. The molecule has 1 fully saturated rings. The van der Waals surface area contributed by atoms with Gasteiger partial charge >= 0.3 is 0 Å². The maximum absolute atomic E-state index is 12.8. The average molecular weight is 337 g/mol. The van der Waals surface area contributed by atoms with Gasteiger partial charge in [-0.25, -0.2) is 12.7 Å². The number of nitrogens with zero attached hydrogens (tertiary/aromatic N) is 1. The second-order valence-corrected chi connectivity index (χ2v) is 8.79. The number of sulfonamides is 1. The fourth-order valence-corrected chi connectivity index (χ4v) is 4.77. The first-order valence-electron chi connectivity index (χ1n) is 8.77. The van der Waals surface area contributed by atoms with E-state index in [0.717, 1.165) is 45.1 Å². The Hall–Kier alpha value is -0.910. The number of ether oxygens (including phenoxy) is 1. The molecule has 0 radical (unpaired) electrons. The summed E-state index contributed by atoms with van der Waals surface area (Å²) >= 11 is 0. The van der Waals surface area contributed by atoms with Gasteiger partial charge in [-0.2, -0.15) is 0 Å². The lowest BCUT2D eigenvalue weighted by Gasteiger charge is -2.25. The van der Waals surface area contributed by atoms with Crippen LogP contribution in [0, 0.1) is 0 Å². The van der Waals surface area contributed by atoms with E-state index in [-0.39, 0.29) is 6.10 Å². The van der Waals surface area contributed by atoms with Crippen molar-refractivity contribution in [3.05, 3.63) is 29.3 Å². The molecule has 4 nitrogen and oxygen atoms in total. The van der Waals surface area contributed by atoms with E-state index in [1.165, 1.54) is 28.3 Å². The van der Waals surface area contributed by atoms with Crippen molar-refractivity contribution in [2.45, 2.75) is 62.4 Å². The van der Waals surface area contributed by atoms with Crippen LogP contribution in [-0.2, 0) is 27.6 Å². The van der Waals surface area contributed by atoms with Crippen LogP contribution in [0.5, 0.6) is 0 Å². The van der Waals surface area contributed by atoms with E-state index in [0.29, 0.717) is 11.4 Å². The molecule has 0 amide bonds. The molecule has 5 heteroatoms. The molecular weight excluding hydrogens is 310 g/mol. The summed E-state index contributed by atoms with van der Waals surface area (Å²) in [5.41, 5.74) is 2.52. The van der Waals surface area contributed by atoms with Crippen LogP contribution in [0.15, 0.2) is 23.1 Å². The van der Waals surface area contributed by atoms with Crippen molar-refractivity contribution in [3.8, 4) is 0 Å². The Labute approximate surface area is 139 Å². The van der Waals surface area contributed by atoms with E-state index in [1.807, 2.05) is 12.1 Å². The highest BCUT2D eigenvalue weighted by Crippen LogP contribution is 2.26. The third-order valence-electron chi connectivity index (χ3n) is 5.07. The summed E-state index contributed by atoms with van der Waals surface area (Å²) in [4.78, 5) is 0.435. The minimum Gasteiger partial charge on any atom is -0.378 e. The summed E-state index contributed by atoms with van der Waals surface area (Å²) in [7, 11) is -1.72. The van der Waals surface area contributed by atoms with Gasteiger partial charge in [0.25, 0.3) is 0 Å². The average Bonchev–Trinajstić information content (AvgIpc) is 2.60. The van der Waals surface area contributed by atoms with Gasteiger partial charge in [-0.1, -0.05) is 6.07 Å². The molecule has 1 aromatic rings. The molecule has 1 aliphatic carbocycles. The zero-order valence-corrected chi connectivity index (χ0v) is 14.8. The van der Waals surface area contributed by atoms with Crippen molar-refractivity contribution in [2.24, 2.45) is 0 Å². The van der Waals surface area contributed by atoms with Crippen LogP contribution >= 0.6 is 0 Å². The Morgan fingerprint density at radius 1 is 1.13 bits per heavy atom. The highest BCUT2D eigenvalue weighted by Gasteiger charge is 2.24. The molecule has 0 saturated carbocycles. The quantitative estimate of drug-likeness (QED) is 0.829. The molecule has 1 saturated heterocycles. The predicted octanol–water partition coefficient (Wildman–Crippen LogP) is 3.15. The topological polar surface area (TPSA) is 46.6 Å². The molecule has 1 unspecified atom stereocenters. The zero-order chi connectivity index (χ0) is 16.3. The monoisotopic (exact) mass is 337 g/mol. The van der Waals surface area contributed by atoms with Crippen LogP contribution in [0.3, 0.4) is 0 Å². The minimum atomic E-state index is -3.40. The summed E-state index contributed by atoms with van der Waals surface area (Å²) < 4.78 is 32.7. The molecule has 1 atom stereocenters. The van der Waals surface area contributed by atoms with Gasteiger partial charge in [0, 0.05) is 20.2 Å². The molecule has 128 valence electrons. The van der Waals surface area contributed by atoms with Gasteiger partial charge in [-0.15, -0.1) is 0 Å². The van der Waals surface area contributed by atoms with Crippen molar-refractivity contribution in [2.75, 3.05) is 20.2 Å². The molecule has 0 aromatic heterocycles. The SMILES string of the molecule is CN(CCC1CCCCO1)S(=O)(=O)c1ccc2c(c1)CCCC2. The molecule has 2 aliphatic rings. The Morgan fingerprint density at radius 3 is 2.65 bits per heavy atom. The van der Waals surface area contributed by atoms with Crippen molar-refractivity contribution in [1.82, 2.24) is 4.31 Å². The van der Waals surface area contributed by atoms with Gasteiger partial charge < -0.3 is 4.74 Å². The highest BCUT2D eigenvalue weighted by atomic mass is 32.2. The first kappa shape index (κ1) is 16.9. The van der Waals surface area contributed by atoms with Crippen LogP contribution in [0.1, 0.15) is 49.7 Å². The molecule has 1 heterocycles. The van der Waals surface area contributed by atoms with E-state index in [1.54, 1.807) is 13.1 Å². The number of rotatable bonds is 5. The van der Waals surface area contributed by atoms with Crippen molar-refractivity contribution >= 4 is 10.0 Å². The molecular formula is C18H27NO3S. The standard InChI is InChI=1S/C18H27NO3S/c1-19(12-11-17-8-4-5-13-22-17)23(20,21)18-10-9-15-6-2-3-7-16(15)14-18/h9-10,14,17H,2-8,11-13H2,1H3. The molecule has 3 rings (SSSR count). The van der Waals surface area contributed by atoms with Crippen LogP contribution in [0.2, 0.25) is 0 Å². The van der Waals surface area contributed by atoms with Crippen LogP contribution in [-0.4, -0.2) is 39.0 Å². The van der Waals surface area contributed by atoms with Crippen LogP contribution < -0.4 is 0 Å². The Kier molecular flexibility index (Phi) is 5.39. The Bertz CT molecular complexity index is 636. The van der Waals surface area contributed by atoms with E-state index >= 15 is 0 Å². The maximum Gasteiger partial charge on any atom is 0.242 e. The third-order valence-corrected chi connectivity index (χ3v) is 6.92. The second kappa shape index (κ2) is 7.32. The first-order valence-corrected chi connectivity index (χ1v) is 10.2. The van der Waals surface area contributed by atoms with E-state index in [2.05, 4.69) is 0 Å². The summed E-state index contributed by atoms with van der Waals surface area (Å²) in [6, 6.07) is 5.66. The molecule has 1 aliphatic heterocycles. The normalized spacial score (nSPS) is 22.1. The molecule has 23 heavy (non-hydrogen) atoms. The Balaban J connectivity index is 1.67. The smallest absolute Gasteiger partial charge is 0.242 e. The summed E-state index contributed by atoms with van der Waals surface area (Å²) in [6.45, 7) is 1.33. The zero-order valence-electron chi connectivity index (χ0n) is 14.0. The second-order valence-electron chi connectivity index (χ2n) is 6.74. The fraction of sp³-hybridized carbons (Fsp3) is 0.667. The minimum absolute atomic E-state index is 0.213. The molecule has 0 spiro atoms. The van der Waals surface area contributed by atoms with Gasteiger partial charge in [0.15, 0.2) is 0 Å². The highest BCUT2D eigenvalue weighted by molar-refractivity contribution is 7.89. The van der Waals surface area contributed by atoms with E-state index in [9.17, 15) is 8.42 Å². The lowest BCUT2D eigenvalue weighted by atomic mass is 9.92. The predicted molar refractivity (Wildman–Crippen MR) is 91.1 cm³/mol. The van der Waals surface area contributed by atoms with E-state index in [4.69, 9.17) is 4.74 Å². The van der Waals surface area contributed by atoms with Crippen LogP contribution in [0.4, 0.5) is 0 Å². The van der Waals surface area contributed by atoms with Gasteiger partial charge in [-0.3, -0.25) is 0 Å². The lowest BCUT2D eigenvalue weighted by Crippen LogP contribution is -2.31. The first-order chi connectivity index (χ1) is 11.1. The van der Waals surface area contributed by atoms with Gasteiger partial charge in [0.1, 0.15) is 0 Å². The molecule has 0 bridgehead atoms. The largest absolute Gasteiger partial charge is 0.378 e. The summed E-state index contributed by atoms with van der Waals surface area (Å²) in [5.74, 6) is 0. The van der Waals surface area contributed by atoms with Crippen molar-refractivity contribution in [3.63, 3.8) is 0 Å². The summed E-state index contributed by atoms with van der Waals surface area (Å²) in [5, 5.41) is 0. The number of fused-ring (bicyclic) bond motifs is 1. The van der Waals surface area contributed by atoms with Gasteiger partial charge in [-0.05, 0) is 74.6 Å². The van der Waals surface area contributed by atoms with Crippen molar-refractivity contribution < 1.29 is 13.2 Å². The molecule has 0 N–H and O–H groups in total. The third kappa shape index (κ3) is 3.95. The molecule has 1 aromatic carbocycles. The number of aryl methyl sites for hydroxylation is 2. The van der Waals surface area contributed by atoms with E-state index < -0.39 is 10.0 Å². The van der Waals surface area contributed by atoms with Gasteiger partial charge in [0.05, 0.1) is 11.0 Å². The number of hydrogen-bond acceptors (Lipinski definition) is 3. The lowest BCUT2D eigenvalue weighted by molar-refractivity contribution is 0.00950. The van der Waals surface area contributed by atoms with Crippen molar-refractivity contribution in [1.29, 1.82) is 0 Å². The maximum atomic E-state index is 12.8. The van der Waals surface area contributed by atoms with Crippen LogP contribution in [0.25, 0.3) is 0 Å². The fourth-order valence-electron chi connectivity index (χ4n) is 3.53. The van der Waals surface area contributed by atoms with Gasteiger partial charge in [0.2, 0.25) is 10.0 Å².